The third-order valence-corrected chi connectivity index (χ3v) is 4.37. The van der Waals surface area contributed by atoms with Crippen LogP contribution in [0.5, 0.6) is 0 Å². The molecule has 2 aromatic heterocycles. The van der Waals surface area contributed by atoms with Crippen LogP contribution in [0.1, 0.15) is 16.8 Å². The quantitative estimate of drug-likeness (QED) is 0.661. The lowest BCUT2D eigenvalue weighted by Crippen LogP contribution is -2.35. The van der Waals surface area contributed by atoms with Crippen molar-refractivity contribution >= 4 is 16.8 Å². The van der Waals surface area contributed by atoms with Crippen molar-refractivity contribution in [2.45, 2.75) is 27.3 Å². The number of aryl methyl sites for hydroxylation is 3. The summed E-state index contributed by atoms with van der Waals surface area (Å²) in [6, 6.07) is 5.96. The summed E-state index contributed by atoms with van der Waals surface area (Å²) in [5, 5.41) is 12.0. The second-order valence-electron chi connectivity index (χ2n) is 6.50. The van der Waals surface area contributed by atoms with Crippen LogP contribution in [0.25, 0.3) is 16.6 Å². The maximum absolute atomic E-state index is 13.0. The SMILES string of the molecule is COCCNC(=O)Cn1nc(C)c2cnn(-c3ccc(C)cc3C)c2c1=O. The molecule has 27 heavy (non-hydrogen) atoms. The Kier molecular flexibility index (Phi) is 5.36. The van der Waals surface area contributed by atoms with Crippen LogP contribution >= 0.6 is 0 Å². The highest BCUT2D eigenvalue weighted by atomic mass is 16.5. The van der Waals surface area contributed by atoms with E-state index in [1.165, 1.54) is 4.68 Å². The van der Waals surface area contributed by atoms with E-state index in [-0.39, 0.29) is 18.0 Å². The van der Waals surface area contributed by atoms with E-state index >= 15 is 0 Å². The Morgan fingerprint density at radius 1 is 1.26 bits per heavy atom. The fourth-order valence-electron chi connectivity index (χ4n) is 3.04. The summed E-state index contributed by atoms with van der Waals surface area (Å²) in [6.45, 7) is 6.43. The number of carbonyl (C=O) groups is 1. The molecule has 0 unspecified atom stereocenters. The molecule has 1 N–H and O–H groups in total. The van der Waals surface area contributed by atoms with Gasteiger partial charge in [-0.15, -0.1) is 0 Å². The van der Waals surface area contributed by atoms with Crippen LogP contribution in [-0.4, -0.2) is 45.7 Å². The summed E-state index contributed by atoms with van der Waals surface area (Å²) in [5.74, 6) is -0.294. The maximum atomic E-state index is 13.0. The number of amides is 1. The van der Waals surface area contributed by atoms with Crippen LogP contribution in [0.3, 0.4) is 0 Å². The van der Waals surface area contributed by atoms with Crippen molar-refractivity contribution in [1.29, 1.82) is 0 Å². The minimum absolute atomic E-state index is 0.155. The van der Waals surface area contributed by atoms with E-state index in [1.807, 2.05) is 32.0 Å². The molecule has 8 heteroatoms. The number of nitrogens with one attached hydrogen (secondary N) is 1. The van der Waals surface area contributed by atoms with Crippen molar-refractivity contribution in [3.8, 4) is 5.69 Å². The zero-order valence-corrected chi connectivity index (χ0v) is 15.9. The molecule has 1 aromatic carbocycles. The van der Waals surface area contributed by atoms with Gasteiger partial charge >= 0.3 is 0 Å². The number of methoxy groups -OCH3 is 1. The minimum Gasteiger partial charge on any atom is -0.383 e. The van der Waals surface area contributed by atoms with Crippen LogP contribution in [0.15, 0.2) is 29.2 Å². The number of hydrogen-bond acceptors (Lipinski definition) is 5. The van der Waals surface area contributed by atoms with E-state index in [1.54, 1.807) is 24.9 Å². The molecule has 2 heterocycles. The monoisotopic (exact) mass is 369 g/mol. The summed E-state index contributed by atoms with van der Waals surface area (Å²) in [5.41, 5.74) is 3.68. The summed E-state index contributed by atoms with van der Waals surface area (Å²) in [6.07, 6.45) is 1.64. The molecule has 0 saturated carbocycles. The Labute approximate surface area is 156 Å². The van der Waals surface area contributed by atoms with Crippen LogP contribution in [0.4, 0.5) is 0 Å². The molecule has 0 spiro atoms. The van der Waals surface area contributed by atoms with Gasteiger partial charge in [0.05, 0.1) is 24.2 Å². The second kappa shape index (κ2) is 7.71. The number of ether oxygens (including phenoxy) is 1. The Morgan fingerprint density at radius 2 is 2.04 bits per heavy atom. The lowest BCUT2D eigenvalue weighted by atomic mass is 10.1. The van der Waals surface area contributed by atoms with Gasteiger partial charge in [-0.25, -0.2) is 9.36 Å². The first-order chi connectivity index (χ1) is 12.9. The molecule has 1 amide bonds. The van der Waals surface area contributed by atoms with Crippen molar-refractivity contribution in [3.63, 3.8) is 0 Å². The van der Waals surface area contributed by atoms with E-state index in [0.717, 1.165) is 16.8 Å². The summed E-state index contributed by atoms with van der Waals surface area (Å²) in [4.78, 5) is 25.1. The van der Waals surface area contributed by atoms with Crippen molar-refractivity contribution in [1.82, 2.24) is 24.9 Å². The van der Waals surface area contributed by atoms with E-state index < -0.39 is 0 Å². The highest BCUT2D eigenvalue weighted by molar-refractivity contribution is 5.82. The summed E-state index contributed by atoms with van der Waals surface area (Å²) in [7, 11) is 1.56. The van der Waals surface area contributed by atoms with Gasteiger partial charge in [0.2, 0.25) is 5.91 Å². The molecule has 3 aromatic rings. The van der Waals surface area contributed by atoms with Crippen LogP contribution in [0.2, 0.25) is 0 Å². The Hall–Kier alpha value is -3.00. The molecule has 0 aliphatic carbocycles. The number of aromatic nitrogens is 4. The minimum atomic E-state index is -0.352. The van der Waals surface area contributed by atoms with E-state index in [2.05, 4.69) is 15.5 Å². The van der Waals surface area contributed by atoms with Gasteiger partial charge < -0.3 is 10.1 Å². The zero-order chi connectivity index (χ0) is 19.6. The molecule has 0 atom stereocenters. The summed E-state index contributed by atoms with van der Waals surface area (Å²) >= 11 is 0. The molecule has 0 aliphatic rings. The first kappa shape index (κ1) is 18.8. The number of fused-ring (bicyclic) bond motifs is 1. The number of rotatable bonds is 6. The molecule has 0 bridgehead atoms. The second-order valence-corrected chi connectivity index (χ2v) is 6.50. The smallest absolute Gasteiger partial charge is 0.293 e. The lowest BCUT2D eigenvalue weighted by Gasteiger charge is -2.11. The zero-order valence-electron chi connectivity index (χ0n) is 15.9. The Bertz CT molecular complexity index is 1050. The van der Waals surface area contributed by atoms with E-state index in [9.17, 15) is 9.59 Å². The molecule has 8 nitrogen and oxygen atoms in total. The Balaban J connectivity index is 2.05. The Morgan fingerprint density at radius 3 is 2.74 bits per heavy atom. The number of carbonyl (C=O) groups excluding carboxylic acids is 1. The average Bonchev–Trinajstić information content (AvgIpc) is 3.05. The number of benzene rings is 1. The van der Waals surface area contributed by atoms with Crippen molar-refractivity contribution in [2.75, 3.05) is 20.3 Å². The van der Waals surface area contributed by atoms with Gasteiger partial charge in [0.25, 0.3) is 5.56 Å². The third kappa shape index (κ3) is 3.75. The molecule has 142 valence electrons. The van der Waals surface area contributed by atoms with Crippen LogP contribution in [0, 0.1) is 20.8 Å². The molecule has 0 radical (unpaired) electrons. The summed E-state index contributed by atoms with van der Waals surface area (Å²) < 4.78 is 7.71. The molecule has 3 rings (SSSR count). The highest BCUT2D eigenvalue weighted by Gasteiger charge is 2.17. The van der Waals surface area contributed by atoms with Gasteiger partial charge in [-0.3, -0.25) is 9.59 Å². The van der Waals surface area contributed by atoms with E-state index in [4.69, 9.17) is 4.74 Å². The lowest BCUT2D eigenvalue weighted by molar-refractivity contribution is -0.122. The standard InChI is InChI=1S/C19H23N5O3/c1-12-5-6-16(13(2)9-12)24-18-15(10-21-24)14(3)22-23(19(18)26)11-17(25)20-7-8-27-4/h5-6,9-10H,7-8,11H2,1-4H3,(H,20,25). The van der Waals surface area contributed by atoms with Crippen LogP contribution in [-0.2, 0) is 16.1 Å². The van der Waals surface area contributed by atoms with Gasteiger partial charge in [-0.05, 0) is 32.4 Å². The van der Waals surface area contributed by atoms with Crippen LogP contribution < -0.4 is 10.9 Å². The number of nitrogens with zero attached hydrogens (tertiary/aromatic N) is 4. The maximum Gasteiger partial charge on any atom is 0.293 e. The fraction of sp³-hybridized carbons (Fsp3) is 0.368. The normalized spacial score (nSPS) is 11.1. The van der Waals surface area contributed by atoms with Crippen molar-refractivity contribution in [2.24, 2.45) is 0 Å². The third-order valence-electron chi connectivity index (χ3n) is 4.37. The molecule has 0 saturated heterocycles. The predicted molar refractivity (Wildman–Crippen MR) is 102 cm³/mol. The molecular formula is C19H23N5O3. The predicted octanol–water partition coefficient (Wildman–Crippen LogP) is 1.27. The topological polar surface area (TPSA) is 91.0 Å². The van der Waals surface area contributed by atoms with Crippen molar-refractivity contribution in [3.05, 3.63) is 51.6 Å². The van der Waals surface area contributed by atoms with Gasteiger partial charge in [-0.2, -0.15) is 10.2 Å². The van der Waals surface area contributed by atoms with Gasteiger partial charge in [-0.1, -0.05) is 17.7 Å². The average molecular weight is 369 g/mol. The molecule has 0 aliphatic heterocycles. The fourth-order valence-corrected chi connectivity index (χ4v) is 3.04. The van der Waals surface area contributed by atoms with Gasteiger partial charge in [0.15, 0.2) is 0 Å². The number of hydrogen-bond donors (Lipinski definition) is 1. The van der Waals surface area contributed by atoms with Gasteiger partial charge in [0.1, 0.15) is 12.1 Å². The highest BCUT2D eigenvalue weighted by Crippen LogP contribution is 2.20. The van der Waals surface area contributed by atoms with Gasteiger partial charge in [0, 0.05) is 19.0 Å². The first-order valence-corrected chi connectivity index (χ1v) is 8.71. The molecule has 0 fully saturated rings. The first-order valence-electron chi connectivity index (χ1n) is 8.71. The van der Waals surface area contributed by atoms with E-state index in [0.29, 0.717) is 29.7 Å². The van der Waals surface area contributed by atoms with Crippen molar-refractivity contribution < 1.29 is 9.53 Å². The largest absolute Gasteiger partial charge is 0.383 e. The molecular weight excluding hydrogens is 346 g/mol.